The number of carbonyl (C=O) groups is 3. The van der Waals surface area contributed by atoms with Gasteiger partial charge < -0.3 is 19.6 Å². The van der Waals surface area contributed by atoms with E-state index >= 15 is 0 Å². The molecule has 2 saturated heterocycles. The Morgan fingerprint density at radius 1 is 1.18 bits per heavy atom. The summed E-state index contributed by atoms with van der Waals surface area (Å²) in [5.74, 6) is -0.334. The molecule has 7 heteroatoms. The molecule has 0 atom stereocenters. The van der Waals surface area contributed by atoms with Gasteiger partial charge in [-0.2, -0.15) is 0 Å². The first-order valence-electron chi connectivity index (χ1n) is 7.61. The number of piperidine rings is 2. The Labute approximate surface area is 128 Å². The second kappa shape index (κ2) is 5.30. The maximum Gasteiger partial charge on any atom is 0.407 e. The molecule has 120 valence electrons. The lowest BCUT2D eigenvalue weighted by Gasteiger charge is -2.46. The van der Waals surface area contributed by atoms with Crippen LogP contribution in [-0.2, 0) is 14.3 Å². The number of hydrogen-bond donors (Lipinski definition) is 1. The zero-order valence-electron chi connectivity index (χ0n) is 12.6. The average molecular weight is 308 g/mol. The van der Waals surface area contributed by atoms with E-state index in [1.165, 1.54) is 4.90 Å². The van der Waals surface area contributed by atoms with Crippen molar-refractivity contribution in [2.24, 2.45) is 5.41 Å². The molecule has 0 unspecified atom stereocenters. The summed E-state index contributed by atoms with van der Waals surface area (Å²) in [5.41, 5.74) is 0.700. The molecule has 0 aliphatic carbocycles. The monoisotopic (exact) mass is 308 g/mol. The van der Waals surface area contributed by atoms with Crippen molar-refractivity contribution >= 4 is 18.0 Å². The minimum atomic E-state index is -0.927. The SMILES string of the molecule is CC1=C(N2CCCC3(CCN(C(=O)O)CC3)C2=O)COC1=O. The molecule has 0 aromatic heterocycles. The maximum absolute atomic E-state index is 13.0. The number of likely N-dealkylation sites (tertiary alicyclic amines) is 2. The highest BCUT2D eigenvalue weighted by molar-refractivity contribution is 5.93. The highest BCUT2D eigenvalue weighted by Crippen LogP contribution is 2.42. The highest BCUT2D eigenvalue weighted by atomic mass is 16.5. The number of amides is 2. The Balaban J connectivity index is 1.79. The van der Waals surface area contributed by atoms with E-state index in [0.29, 0.717) is 43.7 Å². The Morgan fingerprint density at radius 3 is 2.41 bits per heavy atom. The van der Waals surface area contributed by atoms with Gasteiger partial charge in [0.2, 0.25) is 5.91 Å². The van der Waals surface area contributed by atoms with Gasteiger partial charge in [-0.25, -0.2) is 9.59 Å². The molecule has 3 rings (SSSR count). The lowest BCUT2D eigenvalue weighted by atomic mass is 9.71. The van der Waals surface area contributed by atoms with Crippen molar-refractivity contribution in [3.05, 3.63) is 11.3 Å². The van der Waals surface area contributed by atoms with Gasteiger partial charge in [0.15, 0.2) is 0 Å². The molecule has 0 bridgehead atoms. The predicted octanol–water partition coefficient (Wildman–Crippen LogP) is 1.20. The van der Waals surface area contributed by atoms with Gasteiger partial charge in [0.25, 0.3) is 0 Å². The van der Waals surface area contributed by atoms with Crippen LogP contribution in [0.4, 0.5) is 4.79 Å². The van der Waals surface area contributed by atoms with Crippen LogP contribution >= 0.6 is 0 Å². The van der Waals surface area contributed by atoms with E-state index < -0.39 is 11.5 Å². The molecule has 0 aromatic carbocycles. The third-order valence-corrected chi connectivity index (χ3v) is 5.13. The summed E-state index contributed by atoms with van der Waals surface area (Å²) in [7, 11) is 0. The van der Waals surface area contributed by atoms with E-state index in [9.17, 15) is 14.4 Å². The van der Waals surface area contributed by atoms with Gasteiger partial charge in [-0.05, 0) is 32.6 Å². The first kappa shape index (κ1) is 14.9. The maximum atomic E-state index is 13.0. The van der Waals surface area contributed by atoms with E-state index in [-0.39, 0.29) is 18.5 Å². The number of ether oxygens (including phenoxy) is 1. The molecule has 0 aromatic rings. The van der Waals surface area contributed by atoms with Crippen LogP contribution in [0.2, 0.25) is 0 Å². The molecule has 1 N–H and O–H groups in total. The normalized spacial score (nSPS) is 25.0. The number of hydrogen-bond acceptors (Lipinski definition) is 4. The summed E-state index contributed by atoms with van der Waals surface area (Å²) < 4.78 is 5.01. The molecule has 0 saturated carbocycles. The van der Waals surface area contributed by atoms with E-state index in [0.717, 1.165) is 12.8 Å². The van der Waals surface area contributed by atoms with Gasteiger partial charge in [0, 0.05) is 19.6 Å². The summed E-state index contributed by atoms with van der Waals surface area (Å²) in [5, 5.41) is 9.05. The fourth-order valence-corrected chi connectivity index (χ4v) is 3.67. The zero-order valence-corrected chi connectivity index (χ0v) is 12.6. The summed E-state index contributed by atoms with van der Waals surface area (Å²) >= 11 is 0. The van der Waals surface area contributed by atoms with Crippen molar-refractivity contribution in [3.63, 3.8) is 0 Å². The van der Waals surface area contributed by atoms with Crippen molar-refractivity contribution in [2.75, 3.05) is 26.2 Å². The van der Waals surface area contributed by atoms with Crippen LogP contribution in [-0.4, -0.2) is 59.1 Å². The third kappa shape index (κ3) is 2.24. The second-order valence-corrected chi connectivity index (χ2v) is 6.26. The lowest BCUT2D eigenvalue weighted by molar-refractivity contribution is -0.148. The van der Waals surface area contributed by atoms with Crippen LogP contribution in [0, 0.1) is 5.41 Å². The van der Waals surface area contributed by atoms with E-state index in [4.69, 9.17) is 9.84 Å². The molecule has 3 heterocycles. The fourth-order valence-electron chi connectivity index (χ4n) is 3.67. The number of carbonyl (C=O) groups excluding carboxylic acids is 2. The van der Waals surface area contributed by atoms with E-state index in [1.54, 1.807) is 11.8 Å². The number of esters is 1. The molecule has 2 fully saturated rings. The van der Waals surface area contributed by atoms with Gasteiger partial charge in [-0.1, -0.05) is 0 Å². The zero-order chi connectivity index (χ0) is 15.9. The van der Waals surface area contributed by atoms with Crippen molar-refractivity contribution in [1.29, 1.82) is 0 Å². The molecule has 0 radical (unpaired) electrons. The molecule has 7 nitrogen and oxygen atoms in total. The first-order chi connectivity index (χ1) is 10.4. The highest BCUT2D eigenvalue weighted by Gasteiger charge is 2.48. The number of nitrogens with zero attached hydrogens (tertiary/aromatic N) is 2. The van der Waals surface area contributed by atoms with Crippen LogP contribution < -0.4 is 0 Å². The first-order valence-corrected chi connectivity index (χ1v) is 7.61. The molecule has 3 aliphatic rings. The smallest absolute Gasteiger partial charge is 0.407 e. The van der Waals surface area contributed by atoms with Gasteiger partial charge in [0.05, 0.1) is 16.7 Å². The minimum Gasteiger partial charge on any atom is -0.465 e. The molecular weight excluding hydrogens is 288 g/mol. The molecule has 1 spiro atoms. The van der Waals surface area contributed by atoms with Crippen molar-refractivity contribution < 1.29 is 24.2 Å². The fraction of sp³-hybridized carbons (Fsp3) is 0.667. The Hall–Kier alpha value is -2.05. The summed E-state index contributed by atoms with van der Waals surface area (Å²) in [6.45, 7) is 3.23. The number of carboxylic acid groups (broad SMARTS) is 1. The van der Waals surface area contributed by atoms with Crippen molar-refractivity contribution in [2.45, 2.75) is 32.6 Å². The van der Waals surface area contributed by atoms with Gasteiger partial charge in [-0.15, -0.1) is 0 Å². The topological polar surface area (TPSA) is 87.2 Å². The van der Waals surface area contributed by atoms with Crippen molar-refractivity contribution in [3.8, 4) is 0 Å². The van der Waals surface area contributed by atoms with Gasteiger partial charge >= 0.3 is 12.1 Å². The molecular formula is C15H20N2O5. The van der Waals surface area contributed by atoms with Gasteiger partial charge in [-0.3, -0.25) is 4.79 Å². The summed E-state index contributed by atoms with van der Waals surface area (Å²) in [6.07, 6.45) is 1.83. The minimum absolute atomic E-state index is 0.0245. The van der Waals surface area contributed by atoms with Crippen LogP contribution in [0.3, 0.4) is 0 Å². The predicted molar refractivity (Wildman–Crippen MR) is 75.9 cm³/mol. The lowest BCUT2D eigenvalue weighted by Crippen LogP contribution is -2.54. The number of rotatable bonds is 1. The average Bonchev–Trinajstić information content (AvgIpc) is 2.83. The van der Waals surface area contributed by atoms with Crippen LogP contribution in [0.5, 0.6) is 0 Å². The summed E-state index contributed by atoms with van der Waals surface area (Å²) in [6, 6.07) is 0. The van der Waals surface area contributed by atoms with E-state index in [1.807, 2.05) is 0 Å². The molecule has 22 heavy (non-hydrogen) atoms. The largest absolute Gasteiger partial charge is 0.465 e. The van der Waals surface area contributed by atoms with Gasteiger partial charge in [0.1, 0.15) is 6.61 Å². The Bertz CT molecular complexity index is 560. The summed E-state index contributed by atoms with van der Waals surface area (Å²) in [4.78, 5) is 38.6. The van der Waals surface area contributed by atoms with Crippen molar-refractivity contribution in [1.82, 2.24) is 9.80 Å². The second-order valence-electron chi connectivity index (χ2n) is 6.26. The third-order valence-electron chi connectivity index (χ3n) is 5.13. The Kier molecular flexibility index (Phi) is 3.58. The Morgan fingerprint density at radius 2 is 1.86 bits per heavy atom. The van der Waals surface area contributed by atoms with Crippen LogP contribution in [0.25, 0.3) is 0 Å². The van der Waals surface area contributed by atoms with Crippen LogP contribution in [0.1, 0.15) is 32.6 Å². The van der Waals surface area contributed by atoms with Crippen LogP contribution in [0.15, 0.2) is 11.3 Å². The molecule has 2 amide bonds. The quantitative estimate of drug-likeness (QED) is 0.735. The molecule has 3 aliphatic heterocycles. The number of cyclic esters (lactones) is 1. The van der Waals surface area contributed by atoms with E-state index in [2.05, 4.69) is 0 Å². The standard InChI is InChI=1S/C15H20N2O5/c1-10-11(9-22-12(10)18)17-6-2-3-15(13(17)19)4-7-16(8-5-15)14(20)21/h2-9H2,1H3,(H,20,21).